The van der Waals surface area contributed by atoms with Crippen LogP contribution in [0.4, 0.5) is 21.9 Å². The fraction of sp³-hybridized carbons (Fsp3) is 0.0571. The highest BCUT2D eigenvalue weighted by Gasteiger charge is 2.42. The molecule has 0 aliphatic carbocycles. The molecule has 6 rings (SSSR count). The standard InChI is InChI=1S/C35H30N5O7PS/c1-39-31-23-12-11-22-30(31)32(25-14-5-2-6-15-25)37-33(34(39)41)38-35(42)36-26-16-13-17-27(24-26)40(49(44)45)48(43,46-28-18-7-3-8-19-28)47-29-20-9-4-10-21-29/h2-24,33H,1H3,(H,44,45)(H2,36,38,42). The minimum Gasteiger partial charge on any atom is -0.400 e. The number of para-hydroxylation sites is 3. The monoisotopic (exact) mass is 695 g/mol. The van der Waals surface area contributed by atoms with Crippen molar-refractivity contribution in [1.82, 2.24) is 5.32 Å². The first-order valence-electron chi connectivity index (χ1n) is 14.9. The summed E-state index contributed by atoms with van der Waals surface area (Å²) >= 11 is -2.93. The van der Waals surface area contributed by atoms with Crippen LogP contribution in [0.25, 0.3) is 0 Å². The highest BCUT2D eigenvalue weighted by atomic mass is 32.2. The number of anilines is 3. The highest BCUT2D eigenvalue weighted by Crippen LogP contribution is 2.54. The van der Waals surface area contributed by atoms with Gasteiger partial charge in [-0.2, -0.15) is 4.08 Å². The van der Waals surface area contributed by atoms with Crippen LogP contribution in [0.15, 0.2) is 145 Å². The predicted octanol–water partition coefficient (Wildman–Crippen LogP) is 6.86. The number of carbonyl (C=O) groups is 2. The van der Waals surface area contributed by atoms with E-state index in [0.717, 1.165) is 11.1 Å². The molecule has 0 fully saturated rings. The van der Waals surface area contributed by atoms with E-state index in [1.54, 1.807) is 49.5 Å². The van der Waals surface area contributed by atoms with E-state index < -0.39 is 37.1 Å². The van der Waals surface area contributed by atoms with Crippen LogP contribution >= 0.6 is 7.75 Å². The molecular weight excluding hydrogens is 665 g/mol. The highest BCUT2D eigenvalue weighted by molar-refractivity contribution is 7.90. The van der Waals surface area contributed by atoms with Gasteiger partial charge in [0.25, 0.3) is 17.2 Å². The summed E-state index contributed by atoms with van der Waals surface area (Å²) in [6.45, 7) is 0. The maximum atomic E-state index is 14.4. The van der Waals surface area contributed by atoms with Crippen LogP contribution in [0.5, 0.6) is 11.5 Å². The number of carbonyl (C=O) groups excluding carboxylic acids is 2. The Kier molecular flexibility index (Phi) is 9.86. The van der Waals surface area contributed by atoms with E-state index in [4.69, 9.17) is 9.05 Å². The van der Waals surface area contributed by atoms with Gasteiger partial charge in [0.15, 0.2) is 0 Å². The minimum atomic E-state index is -4.63. The quantitative estimate of drug-likeness (QED) is 0.107. The zero-order chi connectivity index (χ0) is 34.4. The smallest absolute Gasteiger partial charge is 0.400 e. The summed E-state index contributed by atoms with van der Waals surface area (Å²) in [5, 5.41) is 5.27. The topological polar surface area (TPSA) is 150 Å². The average Bonchev–Trinajstić information content (AvgIpc) is 3.20. The average molecular weight is 696 g/mol. The van der Waals surface area contributed by atoms with Crippen LogP contribution in [0.2, 0.25) is 0 Å². The number of benzodiazepines with no additional fused rings is 1. The Morgan fingerprint density at radius 1 is 0.837 bits per heavy atom. The predicted molar refractivity (Wildman–Crippen MR) is 189 cm³/mol. The van der Waals surface area contributed by atoms with E-state index in [2.05, 4.69) is 15.6 Å². The van der Waals surface area contributed by atoms with Crippen LogP contribution < -0.4 is 28.7 Å². The van der Waals surface area contributed by atoms with Crippen molar-refractivity contribution >= 4 is 53.7 Å². The second-order valence-corrected chi connectivity index (χ2v) is 13.4. The van der Waals surface area contributed by atoms with Gasteiger partial charge in [-0.25, -0.2) is 18.6 Å². The number of amides is 3. The third kappa shape index (κ3) is 7.54. The Morgan fingerprint density at radius 3 is 2.02 bits per heavy atom. The Labute approximate surface area is 285 Å². The van der Waals surface area contributed by atoms with Gasteiger partial charge >= 0.3 is 13.8 Å². The molecule has 14 heteroatoms. The van der Waals surface area contributed by atoms with E-state index in [-0.39, 0.29) is 22.9 Å². The van der Waals surface area contributed by atoms with E-state index in [1.165, 1.54) is 53.4 Å². The first-order valence-corrected chi connectivity index (χ1v) is 17.5. The van der Waals surface area contributed by atoms with Crippen molar-refractivity contribution in [3.05, 3.63) is 151 Å². The maximum Gasteiger partial charge on any atom is 0.558 e. The molecule has 2 atom stereocenters. The number of aliphatic imine (C=N–C) groups is 1. The third-order valence-electron chi connectivity index (χ3n) is 7.28. The second-order valence-electron chi connectivity index (χ2n) is 10.6. The van der Waals surface area contributed by atoms with E-state index in [1.807, 2.05) is 48.5 Å². The number of nitrogens with one attached hydrogen (secondary N) is 2. The number of hydrogen-bond acceptors (Lipinski definition) is 7. The van der Waals surface area contributed by atoms with Gasteiger partial charge in [-0.05, 0) is 48.5 Å². The maximum absolute atomic E-state index is 14.4. The Hall–Kier alpha value is -5.75. The van der Waals surface area contributed by atoms with Gasteiger partial charge in [0.1, 0.15) is 11.5 Å². The molecule has 2 unspecified atom stereocenters. The zero-order valence-electron chi connectivity index (χ0n) is 26.0. The van der Waals surface area contributed by atoms with Crippen molar-refractivity contribution in [3.63, 3.8) is 0 Å². The summed E-state index contributed by atoms with van der Waals surface area (Å²) in [6, 6.07) is 37.7. The molecule has 0 aromatic heterocycles. The first kappa shape index (κ1) is 33.2. The molecule has 49 heavy (non-hydrogen) atoms. The number of likely N-dealkylation sites (N-methyl/N-ethyl adjacent to an activating group) is 1. The van der Waals surface area contributed by atoms with Crippen molar-refractivity contribution < 1.29 is 32.0 Å². The molecule has 12 nitrogen and oxygen atoms in total. The van der Waals surface area contributed by atoms with Gasteiger partial charge in [0, 0.05) is 23.9 Å². The van der Waals surface area contributed by atoms with Crippen molar-refractivity contribution in [2.45, 2.75) is 6.17 Å². The van der Waals surface area contributed by atoms with Crippen LogP contribution in [-0.4, -0.2) is 39.6 Å². The Balaban J connectivity index is 1.28. The number of urea groups is 1. The van der Waals surface area contributed by atoms with Gasteiger partial charge in [0.05, 0.1) is 17.1 Å². The van der Waals surface area contributed by atoms with E-state index in [9.17, 15) is 22.9 Å². The lowest BCUT2D eigenvalue weighted by molar-refractivity contribution is -0.119. The molecule has 3 amide bonds. The van der Waals surface area contributed by atoms with Crippen LogP contribution in [0.3, 0.4) is 0 Å². The Morgan fingerprint density at radius 2 is 1.41 bits per heavy atom. The van der Waals surface area contributed by atoms with Crippen LogP contribution in [0, 0.1) is 0 Å². The van der Waals surface area contributed by atoms with Crippen molar-refractivity contribution in [3.8, 4) is 11.5 Å². The van der Waals surface area contributed by atoms with Gasteiger partial charge < -0.3 is 24.6 Å². The minimum absolute atomic E-state index is 0.0704. The molecule has 1 heterocycles. The Bertz CT molecular complexity index is 2020. The molecule has 5 aromatic carbocycles. The van der Waals surface area contributed by atoms with E-state index in [0.29, 0.717) is 15.5 Å². The molecule has 0 spiro atoms. The summed E-state index contributed by atoms with van der Waals surface area (Å²) in [4.78, 5) is 33.0. The van der Waals surface area contributed by atoms with Gasteiger partial charge in [-0.3, -0.25) is 9.35 Å². The molecular formula is C35H30N5O7PS. The van der Waals surface area contributed by atoms with Crippen LogP contribution in [-0.2, 0) is 20.6 Å². The van der Waals surface area contributed by atoms with Crippen LogP contribution in [0.1, 0.15) is 11.1 Å². The number of rotatable bonds is 10. The summed E-state index contributed by atoms with van der Waals surface area (Å²) in [5.41, 5.74) is 2.70. The van der Waals surface area contributed by atoms with E-state index >= 15 is 0 Å². The SMILES string of the molecule is CN1C(=O)C(NC(=O)Nc2cccc(N(S(=O)O)P(=O)(Oc3ccccc3)Oc3ccccc3)c2)N=C(c2ccccc2)c2ccccc21. The van der Waals surface area contributed by atoms with Gasteiger partial charge in [-0.15, -0.1) is 0 Å². The van der Waals surface area contributed by atoms with Gasteiger partial charge in [-0.1, -0.05) is 91.0 Å². The zero-order valence-corrected chi connectivity index (χ0v) is 27.7. The molecule has 0 radical (unpaired) electrons. The molecule has 5 aromatic rings. The largest absolute Gasteiger partial charge is 0.558 e. The van der Waals surface area contributed by atoms with Crippen molar-refractivity contribution in [2.75, 3.05) is 21.3 Å². The lowest BCUT2D eigenvalue weighted by Crippen LogP contribution is -2.47. The lowest BCUT2D eigenvalue weighted by Gasteiger charge is -2.28. The fourth-order valence-corrected chi connectivity index (χ4v) is 7.62. The summed E-state index contributed by atoms with van der Waals surface area (Å²) in [5.74, 6) is -0.218. The second kappa shape index (κ2) is 14.6. The molecule has 0 bridgehead atoms. The molecule has 0 saturated heterocycles. The summed E-state index contributed by atoms with van der Waals surface area (Å²) in [6.07, 6.45) is -1.30. The fourth-order valence-electron chi connectivity index (χ4n) is 5.08. The van der Waals surface area contributed by atoms with Gasteiger partial charge in [0.2, 0.25) is 6.17 Å². The summed E-state index contributed by atoms with van der Waals surface area (Å²) in [7, 11) is -3.02. The molecule has 248 valence electrons. The lowest BCUT2D eigenvalue weighted by atomic mass is 10.0. The number of nitrogens with zero attached hydrogens (tertiary/aromatic N) is 3. The third-order valence-corrected chi connectivity index (χ3v) is 10.4. The molecule has 1 aliphatic heterocycles. The number of benzene rings is 5. The first-order chi connectivity index (χ1) is 23.7. The summed E-state index contributed by atoms with van der Waals surface area (Å²) < 4.78 is 49.8. The van der Waals surface area contributed by atoms with Crippen molar-refractivity contribution in [2.24, 2.45) is 4.99 Å². The normalized spacial score (nSPS) is 14.8. The van der Waals surface area contributed by atoms with Crippen molar-refractivity contribution in [1.29, 1.82) is 0 Å². The number of hydrogen-bond donors (Lipinski definition) is 3. The number of fused-ring (bicyclic) bond motifs is 1. The molecule has 0 saturated carbocycles. The molecule has 1 aliphatic rings. The molecule has 3 N–H and O–H groups in total.